The largest absolute Gasteiger partial charge is 0.508 e. The zero-order valence-corrected chi connectivity index (χ0v) is 17.4. The van der Waals surface area contributed by atoms with Crippen molar-refractivity contribution in [3.05, 3.63) is 83.2 Å². The minimum atomic E-state index is -0.573. The van der Waals surface area contributed by atoms with Crippen molar-refractivity contribution in [1.29, 1.82) is 0 Å². The molecule has 0 spiro atoms. The van der Waals surface area contributed by atoms with Crippen LogP contribution in [0.4, 0.5) is 0 Å². The molecule has 29 heavy (non-hydrogen) atoms. The number of thiazole rings is 1. The summed E-state index contributed by atoms with van der Waals surface area (Å²) in [6, 6.07) is 9.91. The molecule has 0 aliphatic carbocycles. The number of phenols is 1. The molecule has 0 saturated carbocycles. The summed E-state index contributed by atoms with van der Waals surface area (Å²) in [5.74, 6) is -0.335. The Morgan fingerprint density at radius 1 is 1.34 bits per heavy atom. The summed E-state index contributed by atoms with van der Waals surface area (Å²) < 4.78 is 7.29. The molecule has 6 nitrogen and oxygen atoms in total. The molecular weight excluding hydrogens is 408 g/mol. The number of ether oxygens (including phenoxy) is 1. The highest BCUT2D eigenvalue weighted by Crippen LogP contribution is 2.33. The topological polar surface area (TPSA) is 80.9 Å². The molecule has 1 aromatic carbocycles. The molecule has 1 N–H and O–H groups in total. The molecular formula is C21H18N2O4S2. The van der Waals surface area contributed by atoms with E-state index in [4.69, 9.17) is 4.74 Å². The average molecular weight is 427 g/mol. The molecule has 1 atom stereocenters. The van der Waals surface area contributed by atoms with Gasteiger partial charge in [0.05, 0.1) is 22.4 Å². The highest BCUT2D eigenvalue weighted by atomic mass is 32.1. The molecule has 1 aliphatic heterocycles. The predicted octanol–water partition coefficient (Wildman–Crippen LogP) is 2.57. The molecule has 148 valence electrons. The number of carbonyl (C=O) groups is 1. The number of aromatic hydroxyl groups is 1. The minimum absolute atomic E-state index is 0.128. The third-order valence-electron chi connectivity index (χ3n) is 4.50. The SMILES string of the molecule is CCOC(=O)C1=C(C)N=c2s/c(=C/c3cccc(O)c3)c(=O)n2[C@@H]1c1cccs1. The van der Waals surface area contributed by atoms with E-state index in [-0.39, 0.29) is 17.9 Å². The maximum atomic E-state index is 13.3. The van der Waals surface area contributed by atoms with Gasteiger partial charge in [0, 0.05) is 4.88 Å². The van der Waals surface area contributed by atoms with E-state index in [9.17, 15) is 14.7 Å². The summed E-state index contributed by atoms with van der Waals surface area (Å²) in [7, 11) is 0. The van der Waals surface area contributed by atoms with E-state index in [2.05, 4.69) is 4.99 Å². The van der Waals surface area contributed by atoms with Crippen LogP contribution >= 0.6 is 22.7 Å². The molecule has 0 bridgehead atoms. The third-order valence-corrected chi connectivity index (χ3v) is 6.41. The average Bonchev–Trinajstić information content (AvgIpc) is 3.30. The van der Waals surface area contributed by atoms with E-state index in [0.29, 0.717) is 26.2 Å². The molecule has 3 heterocycles. The van der Waals surface area contributed by atoms with E-state index in [1.54, 1.807) is 42.7 Å². The summed E-state index contributed by atoms with van der Waals surface area (Å²) in [6.45, 7) is 3.76. The van der Waals surface area contributed by atoms with Gasteiger partial charge in [0.2, 0.25) is 0 Å². The third kappa shape index (κ3) is 3.56. The van der Waals surface area contributed by atoms with Crippen LogP contribution in [0.1, 0.15) is 30.3 Å². The highest BCUT2D eigenvalue weighted by molar-refractivity contribution is 7.10. The maximum absolute atomic E-state index is 13.3. The van der Waals surface area contributed by atoms with E-state index >= 15 is 0 Å². The fourth-order valence-electron chi connectivity index (χ4n) is 3.27. The van der Waals surface area contributed by atoms with Crippen LogP contribution in [0.25, 0.3) is 6.08 Å². The Balaban J connectivity index is 1.94. The maximum Gasteiger partial charge on any atom is 0.338 e. The number of phenolic OH excluding ortho intramolecular Hbond substituents is 1. The molecule has 3 aromatic rings. The fourth-order valence-corrected chi connectivity index (χ4v) is 5.14. The monoisotopic (exact) mass is 426 g/mol. The molecule has 8 heteroatoms. The first-order valence-corrected chi connectivity index (χ1v) is 10.7. The van der Waals surface area contributed by atoms with Crippen LogP contribution in [0.3, 0.4) is 0 Å². The lowest BCUT2D eigenvalue weighted by Gasteiger charge is -2.23. The van der Waals surface area contributed by atoms with Crippen LogP contribution in [0.2, 0.25) is 0 Å². The van der Waals surface area contributed by atoms with E-state index in [1.165, 1.54) is 22.7 Å². The normalized spacial score (nSPS) is 16.5. The van der Waals surface area contributed by atoms with Crippen molar-refractivity contribution in [1.82, 2.24) is 4.57 Å². The van der Waals surface area contributed by atoms with Crippen LogP contribution in [0.5, 0.6) is 5.75 Å². The minimum Gasteiger partial charge on any atom is -0.508 e. The number of carbonyl (C=O) groups excluding carboxylic acids is 1. The van der Waals surface area contributed by atoms with Gasteiger partial charge in [0.15, 0.2) is 4.80 Å². The lowest BCUT2D eigenvalue weighted by molar-refractivity contribution is -0.139. The van der Waals surface area contributed by atoms with Crippen LogP contribution in [-0.4, -0.2) is 22.2 Å². The van der Waals surface area contributed by atoms with Gasteiger partial charge in [-0.25, -0.2) is 9.79 Å². The second kappa shape index (κ2) is 7.81. The number of nitrogens with zero attached hydrogens (tertiary/aromatic N) is 2. The smallest absolute Gasteiger partial charge is 0.338 e. The molecule has 2 aromatic heterocycles. The molecule has 0 radical (unpaired) electrons. The summed E-state index contributed by atoms with van der Waals surface area (Å²) in [6.07, 6.45) is 1.72. The van der Waals surface area contributed by atoms with E-state index < -0.39 is 12.0 Å². The number of rotatable bonds is 4. The van der Waals surface area contributed by atoms with Gasteiger partial charge in [-0.3, -0.25) is 9.36 Å². The Hall–Kier alpha value is -2.97. The van der Waals surface area contributed by atoms with Crippen molar-refractivity contribution < 1.29 is 14.6 Å². The van der Waals surface area contributed by atoms with Crippen molar-refractivity contribution in [3.8, 4) is 5.75 Å². The van der Waals surface area contributed by atoms with Gasteiger partial charge in [-0.1, -0.05) is 29.5 Å². The second-order valence-electron chi connectivity index (χ2n) is 6.41. The first-order valence-electron chi connectivity index (χ1n) is 9.01. The van der Waals surface area contributed by atoms with Crippen molar-refractivity contribution in [2.75, 3.05) is 6.61 Å². The quantitative estimate of drug-likeness (QED) is 0.650. The van der Waals surface area contributed by atoms with Gasteiger partial charge >= 0.3 is 5.97 Å². The summed E-state index contributed by atoms with van der Waals surface area (Å²) in [4.78, 5) is 31.9. The van der Waals surface area contributed by atoms with Gasteiger partial charge in [-0.15, -0.1) is 11.3 Å². The van der Waals surface area contributed by atoms with Crippen molar-refractivity contribution in [2.45, 2.75) is 19.9 Å². The highest BCUT2D eigenvalue weighted by Gasteiger charge is 2.33. The molecule has 0 fully saturated rings. The fraction of sp³-hybridized carbons (Fsp3) is 0.190. The number of hydrogen-bond acceptors (Lipinski definition) is 7. The second-order valence-corrected chi connectivity index (χ2v) is 8.40. The number of allylic oxidation sites excluding steroid dienone is 1. The van der Waals surface area contributed by atoms with Gasteiger partial charge in [0.1, 0.15) is 11.8 Å². The first kappa shape index (κ1) is 19.4. The summed E-state index contributed by atoms with van der Waals surface area (Å²) in [5, 5.41) is 11.6. The van der Waals surface area contributed by atoms with Crippen molar-refractivity contribution in [3.63, 3.8) is 0 Å². The Labute approximate surface area is 174 Å². The molecule has 0 saturated heterocycles. The number of hydrogen-bond donors (Lipinski definition) is 1. The predicted molar refractivity (Wildman–Crippen MR) is 113 cm³/mol. The Bertz CT molecular complexity index is 1280. The molecule has 1 aliphatic rings. The number of esters is 1. The van der Waals surface area contributed by atoms with Crippen LogP contribution in [0, 0.1) is 0 Å². The van der Waals surface area contributed by atoms with Crippen molar-refractivity contribution in [2.24, 2.45) is 4.99 Å². The molecule has 0 amide bonds. The molecule has 0 unspecified atom stereocenters. The Morgan fingerprint density at radius 2 is 2.17 bits per heavy atom. The number of thiophene rings is 1. The van der Waals surface area contributed by atoms with E-state index in [1.807, 2.05) is 23.6 Å². The van der Waals surface area contributed by atoms with E-state index in [0.717, 1.165) is 4.88 Å². The number of benzene rings is 1. The first-order chi connectivity index (χ1) is 14.0. The summed E-state index contributed by atoms with van der Waals surface area (Å²) in [5.41, 5.74) is 1.41. The number of fused-ring (bicyclic) bond motifs is 1. The van der Waals surface area contributed by atoms with Gasteiger partial charge < -0.3 is 9.84 Å². The Kier molecular flexibility index (Phi) is 5.21. The van der Waals surface area contributed by atoms with Gasteiger partial charge in [-0.05, 0) is 49.1 Å². The lowest BCUT2D eigenvalue weighted by atomic mass is 10.0. The van der Waals surface area contributed by atoms with Crippen molar-refractivity contribution >= 4 is 34.7 Å². The van der Waals surface area contributed by atoms with Crippen LogP contribution < -0.4 is 14.9 Å². The Morgan fingerprint density at radius 3 is 2.86 bits per heavy atom. The lowest BCUT2D eigenvalue weighted by Crippen LogP contribution is -2.39. The summed E-state index contributed by atoms with van der Waals surface area (Å²) >= 11 is 2.74. The number of aromatic nitrogens is 1. The van der Waals surface area contributed by atoms with Gasteiger partial charge in [-0.2, -0.15) is 0 Å². The van der Waals surface area contributed by atoms with Crippen LogP contribution in [0.15, 0.2) is 62.8 Å². The standard InChI is InChI=1S/C21H18N2O4S2/c1-3-27-20(26)17-12(2)22-21-23(18(17)15-8-5-9-28-15)19(25)16(29-21)11-13-6-4-7-14(24)10-13/h4-11,18,24H,3H2,1-2H3/b16-11+/t18-/m1/s1. The zero-order chi connectivity index (χ0) is 20.5. The van der Waals surface area contributed by atoms with Gasteiger partial charge in [0.25, 0.3) is 5.56 Å². The molecule has 4 rings (SSSR count). The van der Waals surface area contributed by atoms with Crippen LogP contribution in [-0.2, 0) is 9.53 Å². The zero-order valence-electron chi connectivity index (χ0n) is 15.8.